The Morgan fingerprint density at radius 1 is 1.06 bits per heavy atom. The molecule has 1 amide bonds. The second kappa shape index (κ2) is 11.5. The molecule has 0 atom stereocenters. The molecule has 0 bridgehead atoms. The highest BCUT2D eigenvalue weighted by atomic mass is 35.5. The van der Waals surface area contributed by atoms with Crippen molar-refractivity contribution in [1.29, 1.82) is 0 Å². The Labute approximate surface area is 194 Å². The molecule has 3 aromatic rings. The average Bonchev–Trinajstić information content (AvgIpc) is 2.83. The third-order valence-corrected chi connectivity index (χ3v) is 4.57. The van der Waals surface area contributed by atoms with E-state index in [1.807, 2.05) is 12.1 Å². The maximum Gasteiger partial charge on any atom is 0.277 e. The Kier molecular flexibility index (Phi) is 8.20. The maximum atomic E-state index is 11.9. The second-order valence-electron chi connectivity index (χ2n) is 6.66. The van der Waals surface area contributed by atoms with Gasteiger partial charge in [-0.15, -0.1) is 0 Å². The number of carbonyl (C=O) groups is 1. The topological polar surface area (TPSA) is 112 Å². The first kappa shape index (κ1) is 23.6. The Balaban J connectivity index is 1.50. The number of nitrogens with zero attached hydrogens (tertiary/aromatic N) is 2. The number of non-ortho nitro benzene ring substituents is 1. The maximum absolute atomic E-state index is 11.9. The Morgan fingerprint density at radius 3 is 2.45 bits per heavy atom. The van der Waals surface area contributed by atoms with Gasteiger partial charge < -0.3 is 14.2 Å². The molecule has 0 aliphatic rings. The summed E-state index contributed by atoms with van der Waals surface area (Å²) in [6.45, 7) is 0.0573. The summed E-state index contributed by atoms with van der Waals surface area (Å²) in [5.41, 5.74) is 3.93. The lowest BCUT2D eigenvalue weighted by atomic mass is 10.2. The summed E-state index contributed by atoms with van der Waals surface area (Å²) in [6.07, 6.45) is 1.45. The summed E-state index contributed by atoms with van der Waals surface area (Å²) >= 11 is 5.89. The fourth-order valence-corrected chi connectivity index (χ4v) is 2.78. The summed E-state index contributed by atoms with van der Waals surface area (Å²) in [6, 6.07) is 18.0. The third kappa shape index (κ3) is 7.22. The molecule has 0 fully saturated rings. The highest BCUT2D eigenvalue weighted by Crippen LogP contribution is 2.28. The summed E-state index contributed by atoms with van der Waals surface area (Å²) in [7, 11) is 1.53. The molecule has 0 heterocycles. The molecule has 0 spiro atoms. The van der Waals surface area contributed by atoms with Crippen LogP contribution in [0.1, 0.15) is 11.1 Å². The first-order valence-corrected chi connectivity index (χ1v) is 10.1. The van der Waals surface area contributed by atoms with E-state index in [9.17, 15) is 14.9 Å². The van der Waals surface area contributed by atoms with Crippen LogP contribution in [0.2, 0.25) is 5.02 Å². The van der Waals surface area contributed by atoms with Crippen molar-refractivity contribution < 1.29 is 23.9 Å². The Hall–Kier alpha value is -4.11. The van der Waals surface area contributed by atoms with Gasteiger partial charge in [0.25, 0.3) is 11.6 Å². The standard InChI is InChI=1S/C23H20ClN3O6/c1-31-22-12-17(4-11-21(22)33-14-16-2-5-18(24)6-3-16)13-25-26-23(28)15-32-20-9-7-19(8-10-20)27(29)30/h2-13H,14-15H2,1H3,(H,26,28). The van der Waals surface area contributed by atoms with Crippen molar-refractivity contribution in [3.8, 4) is 17.2 Å². The van der Waals surface area contributed by atoms with E-state index in [0.717, 1.165) is 5.56 Å². The number of hydrogen-bond donors (Lipinski definition) is 1. The molecule has 1 N–H and O–H groups in total. The van der Waals surface area contributed by atoms with Gasteiger partial charge >= 0.3 is 0 Å². The van der Waals surface area contributed by atoms with E-state index in [1.165, 1.54) is 37.6 Å². The number of carbonyl (C=O) groups excluding carboxylic acids is 1. The summed E-state index contributed by atoms with van der Waals surface area (Å²) in [4.78, 5) is 22.0. The number of hydrazone groups is 1. The fourth-order valence-electron chi connectivity index (χ4n) is 2.65. The number of amides is 1. The zero-order valence-electron chi connectivity index (χ0n) is 17.6. The minimum absolute atomic E-state index is 0.0618. The molecule has 33 heavy (non-hydrogen) atoms. The van der Waals surface area contributed by atoms with Crippen molar-refractivity contribution in [3.05, 3.63) is 93.0 Å². The van der Waals surface area contributed by atoms with E-state index in [4.69, 9.17) is 25.8 Å². The van der Waals surface area contributed by atoms with Crippen LogP contribution in [0.25, 0.3) is 0 Å². The summed E-state index contributed by atoms with van der Waals surface area (Å²) in [5, 5.41) is 15.2. The van der Waals surface area contributed by atoms with Crippen LogP contribution in [0.3, 0.4) is 0 Å². The van der Waals surface area contributed by atoms with Gasteiger partial charge in [0.05, 0.1) is 18.2 Å². The van der Waals surface area contributed by atoms with Crippen LogP contribution < -0.4 is 19.6 Å². The molecule has 0 unspecified atom stereocenters. The zero-order valence-corrected chi connectivity index (χ0v) is 18.3. The third-order valence-electron chi connectivity index (χ3n) is 4.32. The second-order valence-corrected chi connectivity index (χ2v) is 7.09. The van der Waals surface area contributed by atoms with Crippen LogP contribution >= 0.6 is 11.6 Å². The number of nitro groups is 1. The van der Waals surface area contributed by atoms with Crippen molar-refractivity contribution in [2.45, 2.75) is 6.61 Å². The lowest BCUT2D eigenvalue weighted by Crippen LogP contribution is -2.24. The molecular weight excluding hydrogens is 450 g/mol. The van der Waals surface area contributed by atoms with Crippen LogP contribution in [0.15, 0.2) is 71.8 Å². The monoisotopic (exact) mass is 469 g/mol. The van der Waals surface area contributed by atoms with E-state index < -0.39 is 10.8 Å². The highest BCUT2D eigenvalue weighted by Gasteiger charge is 2.08. The number of halogens is 1. The zero-order chi connectivity index (χ0) is 23.6. The SMILES string of the molecule is COc1cc(C=NNC(=O)COc2ccc([N+](=O)[O-])cc2)ccc1OCc1ccc(Cl)cc1. The predicted octanol–water partition coefficient (Wildman–Crippen LogP) is 4.36. The molecule has 0 saturated heterocycles. The number of nitro benzene ring substituents is 1. The summed E-state index contributed by atoms with van der Waals surface area (Å²) in [5.74, 6) is 0.920. The number of methoxy groups -OCH3 is 1. The summed E-state index contributed by atoms with van der Waals surface area (Å²) < 4.78 is 16.5. The van der Waals surface area contributed by atoms with Gasteiger partial charge in [0, 0.05) is 17.2 Å². The Bertz CT molecular complexity index is 1130. The first-order chi connectivity index (χ1) is 15.9. The van der Waals surface area contributed by atoms with Crippen molar-refractivity contribution in [3.63, 3.8) is 0 Å². The average molecular weight is 470 g/mol. The van der Waals surface area contributed by atoms with Gasteiger partial charge in [-0.05, 0) is 53.6 Å². The molecule has 9 nitrogen and oxygen atoms in total. The van der Waals surface area contributed by atoms with Gasteiger partial charge in [0.1, 0.15) is 12.4 Å². The molecule has 0 aliphatic carbocycles. The quantitative estimate of drug-likeness (QED) is 0.268. The minimum atomic E-state index is -0.515. The number of ether oxygens (including phenoxy) is 3. The van der Waals surface area contributed by atoms with Crippen molar-refractivity contribution in [2.75, 3.05) is 13.7 Å². The van der Waals surface area contributed by atoms with Gasteiger partial charge in [-0.3, -0.25) is 14.9 Å². The van der Waals surface area contributed by atoms with Gasteiger partial charge in [0.2, 0.25) is 0 Å². The predicted molar refractivity (Wildman–Crippen MR) is 123 cm³/mol. The molecule has 3 rings (SSSR count). The van der Waals surface area contributed by atoms with E-state index in [2.05, 4.69) is 10.5 Å². The van der Waals surface area contributed by atoms with Crippen LogP contribution in [-0.4, -0.2) is 30.8 Å². The van der Waals surface area contributed by atoms with Gasteiger partial charge in [-0.2, -0.15) is 5.10 Å². The number of benzene rings is 3. The van der Waals surface area contributed by atoms with E-state index in [1.54, 1.807) is 30.3 Å². The lowest BCUT2D eigenvalue weighted by molar-refractivity contribution is -0.384. The highest BCUT2D eigenvalue weighted by molar-refractivity contribution is 6.30. The largest absolute Gasteiger partial charge is 0.493 e. The molecule has 10 heteroatoms. The van der Waals surface area contributed by atoms with Gasteiger partial charge in [-0.1, -0.05) is 23.7 Å². The molecule has 0 saturated carbocycles. The molecule has 0 aliphatic heterocycles. The van der Waals surface area contributed by atoms with E-state index in [-0.39, 0.29) is 12.3 Å². The smallest absolute Gasteiger partial charge is 0.277 e. The van der Waals surface area contributed by atoms with Gasteiger partial charge in [-0.25, -0.2) is 5.43 Å². The first-order valence-electron chi connectivity index (χ1n) is 9.69. The molecule has 0 aromatic heterocycles. The molecular formula is C23H20ClN3O6. The van der Waals surface area contributed by atoms with Crippen LogP contribution in [0.5, 0.6) is 17.2 Å². The minimum Gasteiger partial charge on any atom is -0.493 e. The number of hydrogen-bond acceptors (Lipinski definition) is 7. The normalized spacial score (nSPS) is 10.6. The lowest BCUT2D eigenvalue weighted by Gasteiger charge is -2.11. The number of rotatable bonds is 10. The van der Waals surface area contributed by atoms with Crippen LogP contribution in [0.4, 0.5) is 5.69 Å². The fraction of sp³-hybridized carbons (Fsp3) is 0.130. The van der Waals surface area contributed by atoms with Crippen molar-refractivity contribution in [2.24, 2.45) is 5.10 Å². The molecule has 170 valence electrons. The van der Waals surface area contributed by atoms with Crippen molar-refractivity contribution in [1.82, 2.24) is 5.43 Å². The van der Waals surface area contributed by atoms with E-state index in [0.29, 0.717) is 34.4 Å². The van der Waals surface area contributed by atoms with Crippen LogP contribution in [-0.2, 0) is 11.4 Å². The Morgan fingerprint density at radius 2 is 1.79 bits per heavy atom. The molecule has 3 aromatic carbocycles. The number of nitrogens with one attached hydrogen (secondary N) is 1. The van der Waals surface area contributed by atoms with Crippen LogP contribution in [0, 0.1) is 10.1 Å². The molecule has 0 radical (unpaired) electrons. The van der Waals surface area contributed by atoms with Gasteiger partial charge in [0.15, 0.2) is 18.1 Å². The van der Waals surface area contributed by atoms with E-state index >= 15 is 0 Å². The van der Waals surface area contributed by atoms with Crippen molar-refractivity contribution >= 4 is 29.4 Å².